The van der Waals surface area contributed by atoms with Gasteiger partial charge in [0.2, 0.25) is 59.1 Å². The Morgan fingerprint density at radius 1 is 0.673 bits per heavy atom. The van der Waals surface area contributed by atoms with Crippen molar-refractivity contribution in [2.45, 2.75) is 236 Å². The van der Waals surface area contributed by atoms with Gasteiger partial charge in [-0.05, 0) is 66.2 Å². The van der Waals surface area contributed by atoms with Gasteiger partial charge in [0.25, 0.3) is 0 Å². The van der Waals surface area contributed by atoms with Crippen LogP contribution in [-0.4, -0.2) is 315 Å². The normalized spacial score (nSPS) is 25.3. The maximum Gasteiger partial charge on any atom is 0.410 e. The van der Waals surface area contributed by atoms with Gasteiger partial charge in [-0.2, -0.15) is 0 Å². The third kappa shape index (κ3) is 25.0. The second kappa shape index (κ2) is 43.9. The molecule has 0 aliphatic carbocycles. The van der Waals surface area contributed by atoms with Crippen molar-refractivity contribution in [1.29, 1.82) is 0 Å². The number of carboxylic acid groups (broad SMARTS) is 1. The fraction of sp³-hybridized carbons (Fsp3) is 0.684. The van der Waals surface area contributed by atoms with Crippen LogP contribution in [0.1, 0.15) is 120 Å². The van der Waals surface area contributed by atoms with Crippen LogP contribution in [0.3, 0.4) is 0 Å². The van der Waals surface area contributed by atoms with Gasteiger partial charge in [0.15, 0.2) is 18.7 Å². The Kier molecular flexibility index (Phi) is 35.6. The molecule has 11 amide bonds. The van der Waals surface area contributed by atoms with Crippen LogP contribution in [0.4, 0.5) is 10.5 Å². The summed E-state index contributed by atoms with van der Waals surface area (Å²) in [5.74, 6) is -11.6. The van der Waals surface area contributed by atoms with E-state index in [0.29, 0.717) is 36.3 Å². The van der Waals surface area contributed by atoms with Crippen LogP contribution in [0.15, 0.2) is 54.6 Å². The molecule has 4 saturated heterocycles. The summed E-state index contributed by atoms with van der Waals surface area (Å²) in [6, 6.07) is 6.91. The zero-order valence-corrected chi connectivity index (χ0v) is 66.2. The zero-order valence-electron chi connectivity index (χ0n) is 67.2. The number of imide groups is 1. The minimum absolute atomic E-state index is 0.00434. The highest BCUT2D eigenvalue weighted by molar-refractivity contribution is 6.05. The van der Waals surface area contributed by atoms with Gasteiger partial charge >= 0.3 is 12.1 Å². The number of ether oxygens (including phenoxy) is 7. The summed E-state index contributed by atoms with van der Waals surface area (Å²) in [7, 11) is 5.80. The van der Waals surface area contributed by atoms with Crippen LogP contribution < -0.4 is 31.9 Å². The number of benzene rings is 2. The number of nitrogens with one attached hydrogen (secondary N) is 6. The molecule has 2 aromatic carbocycles. The van der Waals surface area contributed by atoms with Gasteiger partial charge < -0.3 is 116 Å². The number of amides is 11. The Bertz CT molecular complexity index is 3570. The quantitative estimate of drug-likeness (QED) is 0.0253. The molecule has 0 radical (unpaired) electrons. The molecule has 22 atom stereocenters. The number of hydrogen-bond donors (Lipinski definition) is 14. The van der Waals surface area contributed by atoms with Crippen molar-refractivity contribution >= 4 is 76.8 Å². The third-order valence-electron chi connectivity index (χ3n) is 20.8. The van der Waals surface area contributed by atoms with Crippen LogP contribution in [0.25, 0.3) is 0 Å². The van der Waals surface area contributed by atoms with Crippen LogP contribution in [0.2, 0.25) is 0 Å². The molecule has 4 fully saturated rings. The summed E-state index contributed by atoms with van der Waals surface area (Å²) >= 11 is 0. The average Bonchev–Trinajstić information content (AvgIpc) is 1.38. The van der Waals surface area contributed by atoms with E-state index in [1.807, 2.05) is 13.8 Å². The second-order valence-corrected chi connectivity index (χ2v) is 30.0. The number of nitrogens with zero attached hydrogens (tertiary/aromatic N) is 4. The van der Waals surface area contributed by atoms with E-state index in [2.05, 4.69) is 31.9 Å². The Labute approximate surface area is 658 Å². The minimum atomic E-state index is -1.90. The molecule has 14 N–H and O–H groups in total. The molecule has 632 valence electrons. The van der Waals surface area contributed by atoms with Crippen molar-refractivity contribution < 1.29 is 133 Å². The minimum Gasteiger partial charge on any atom is -0.479 e. The molecule has 4 heterocycles. The summed E-state index contributed by atoms with van der Waals surface area (Å²) in [5, 5.41) is 97.2. The van der Waals surface area contributed by atoms with E-state index in [1.165, 1.54) is 50.4 Å². The predicted molar refractivity (Wildman–Crippen MR) is 399 cm³/mol. The highest BCUT2D eigenvalue weighted by atomic mass is 16.7. The lowest BCUT2D eigenvalue weighted by Gasteiger charge is -2.41. The van der Waals surface area contributed by atoms with E-state index >= 15 is 0 Å². The predicted octanol–water partition coefficient (Wildman–Crippen LogP) is -1.99. The number of anilines is 1. The number of methoxy groups -OCH3 is 2. The lowest BCUT2D eigenvalue weighted by Crippen LogP contribution is -2.60. The standard InChI is InChI=1S/C76H116N10O27/c1-14-41(8)58(49(107-12)33-54(91)85-30-18-22-48(85)65(108-13)42(9)67(98)79-46(32-43-20-16-15-17-21-43)68(99)77-29-19-31-109-74-64(97)61(94)62(95)66(113-74)73(104)105)83(10)72(103)56(39(4)5)82-71(102)57(40(6)7)84(11)76(106)111-36-44-23-25-45(26-24-44)78-69(100)47(37-110-75-63(96)60(93)59(92)50(35-87)112-75)80-70(101)55(38(2)3)81-51(88)34-86-52(89)27-28-53(86)90/h15-17,20-21,23-26,38-42,46-50,55-66,74-75,87,92-97H,14,18-19,22,27-37H2,1-13H3,(H,77,99)(H,78,100)(H,79,98)(H,80,101)(H,81,88)(H,82,102)(H,104,105)/t41-,42+,46-,47-,48-,49+,50+,55-,56-,57-,58-,59+,60-,61-,62-,63+,64+,65+,66-,74+,75+/m0/s1/i27T/t27?,41-,42+,46-,47-,48-,49+,50+,55-,56-,57-,58-,59+,60-,61-,62-,63+,64+,65+,66-,74+,75+. The lowest BCUT2D eigenvalue weighted by atomic mass is 9.89. The van der Waals surface area contributed by atoms with Gasteiger partial charge in [-0.25, -0.2) is 9.59 Å². The zero-order chi connectivity index (χ0) is 84.9. The molecular formula is C76H116N10O27. The van der Waals surface area contributed by atoms with Crippen LogP contribution in [0.5, 0.6) is 0 Å². The molecule has 0 saturated carbocycles. The topological polar surface area (TPSA) is 516 Å². The SMILES string of the molecule is [3H]C1CC(=O)N(CC(=O)N[C@H](C(=O)N[C@@H](CO[C@@H]2O[C@H](CO)[C@@H](O)[C@H](O)[C@H]2O)C(=O)Nc2ccc(COC(=O)N(C)[C@H](C(=O)N[C@H](C(=O)N(C)[C@@H]([C@@H](C)CC)[C@@H](CC(=O)N3CCC[C@H]3[C@H](OC)[C@@H](C)C(=O)N[C@@H](Cc3ccccc3)C(=O)NCCCO[C@@H]3O[C@H](C(=O)O)[C@@H](O)[C@H](O)[C@H]3O)OC)C(C)C)C(C)C)cc2)C(C)C)C1=O. The molecule has 4 aliphatic rings. The molecule has 0 aromatic heterocycles. The molecule has 0 spiro atoms. The lowest BCUT2D eigenvalue weighted by molar-refractivity contribution is -0.301. The number of carbonyl (C=O) groups excluding carboxylic acids is 11. The summed E-state index contributed by atoms with van der Waals surface area (Å²) < 4.78 is 47.3. The average molecular weight is 1600 g/mol. The number of likely N-dealkylation sites (tertiary alicyclic amines) is 2. The Hall–Kier alpha value is -8.44. The maximum atomic E-state index is 15.0. The summed E-state index contributed by atoms with van der Waals surface area (Å²) in [6.45, 7) is 12.9. The molecule has 4 aliphatic heterocycles. The van der Waals surface area contributed by atoms with Crippen molar-refractivity contribution in [3.8, 4) is 0 Å². The van der Waals surface area contributed by atoms with E-state index in [9.17, 15) is 98.4 Å². The van der Waals surface area contributed by atoms with E-state index in [0.717, 1.165) is 10.5 Å². The Balaban J connectivity index is 1.07. The molecule has 2 aromatic rings. The number of aliphatic hydroxyl groups excluding tert-OH is 7. The van der Waals surface area contributed by atoms with Gasteiger partial charge in [-0.15, -0.1) is 0 Å². The van der Waals surface area contributed by atoms with Gasteiger partial charge in [-0.3, -0.25) is 57.7 Å². The van der Waals surface area contributed by atoms with Crippen molar-refractivity contribution in [2.24, 2.45) is 29.6 Å². The van der Waals surface area contributed by atoms with Crippen LogP contribution >= 0.6 is 0 Å². The molecule has 1 unspecified atom stereocenters. The van der Waals surface area contributed by atoms with Crippen molar-refractivity contribution in [3.05, 3.63) is 65.7 Å². The first kappa shape index (κ1) is 91.7. The van der Waals surface area contributed by atoms with Crippen molar-refractivity contribution in [1.82, 2.24) is 46.2 Å². The van der Waals surface area contributed by atoms with Gasteiger partial charge in [0.05, 0.1) is 56.5 Å². The smallest absolute Gasteiger partial charge is 0.410 e. The first-order valence-corrected chi connectivity index (χ1v) is 38.0. The van der Waals surface area contributed by atoms with Crippen molar-refractivity contribution in [2.75, 3.05) is 73.1 Å². The maximum absolute atomic E-state index is 15.0. The summed E-state index contributed by atoms with van der Waals surface area (Å²) in [4.78, 5) is 169. The van der Waals surface area contributed by atoms with E-state index in [-0.39, 0.29) is 56.5 Å². The van der Waals surface area contributed by atoms with Crippen LogP contribution in [0, 0.1) is 29.6 Å². The van der Waals surface area contributed by atoms with Gasteiger partial charge in [0.1, 0.15) is 86.1 Å². The largest absolute Gasteiger partial charge is 0.479 e. The number of aliphatic carboxylic acids is 1. The second-order valence-electron chi connectivity index (χ2n) is 30.0. The highest BCUT2D eigenvalue weighted by Crippen LogP contribution is 2.32. The molecule has 37 heteroatoms. The first-order valence-electron chi connectivity index (χ1n) is 38.6. The number of rotatable bonds is 41. The Morgan fingerprint density at radius 2 is 1.30 bits per heavy atom. The molecule has 0 bridgehead atoms. The molecular weight excluding hydrogens is 1480 g/mol. The summed E-state index contributed by atoms with van der Waals surface area (Å²) in [5.41, 5.74) is 1.25. The number of carbonyl (C=O) groups is 12. The number of carboxylic acids is 1. The van der Waals surface area contributed by atoms with E-state index in [1.54, 1.807) is 90.7 Å². The molecule has 37 nitrogen and oxygen atoms in total. The van der Waals surface area contributed by atoms with E-state index in [4.69, 9.17) is 34.5 Å². The molecule has 6 rings (SSSR count). The number of aliphatic hydroxyl groups is 7. The van der Waals surface area contributed by atoms with Crippen LogP contribution in [-0.2, 0) is 98.9 Å². The monoisotopic (exact) mass is 1600 g/mol. The number of likely N-dealkylation sites (N-methyl/N-ethyl adjacent to an activating group) is 2. The fourth-order valence-corrected chi connectivity index (χ4v) is 14.1. The highest BCUT2D eigenvalue weighted by Gasteiger charge is 2.50. The first-order chi connectivity index (χ1) is 53.8. The van der Waals surface area contributed by atoms with Gasteiger partial charge in [-0.1, -0.05) is 111 Å². The molecule has 113 heavy (non-hydrogen) atoms. The van der Waals surface area contributed by atoms with E-state index < -0.39 is 237 Å². The summed E-state index contributed by atoms with van der Waals surface area (Å²) in [6.07, 6.45) is -20.6. The Morgan fingerprint density at radius 3 is 1.88 bits per heavy atom. The number of hydrogen-bond acceptors (Lipinski definition) is 26. The third-order valence-corrected chi connectivity index (χ3v) is 20.8. The van der Waals surface area contributed by atoms with Crippen molar-refractivity contribution in [3.63, 3.8) is 0 Å². The van der Waals surface area contributed by atoms with Gasteiger partial charge in [0, 0.05) is 67.7 Å². The fourth-order valence-electron chi connectivity index (χ4n) is 14.1.